The highest BCUT2D eigenvalue weighted by molar-refractivity contribution is 5.93. The molecule has 0 aromatic carbocycles. The number of aromatic carboxylic acids is 1. The predicted molar refractivity (Wildman–Crippen MR) is 57.4 cm³/mol. The van der Waals surface area contributed by atoms with E-state index in [1.807, 2.05) is 6.07 Å². The van der Waals surface area contributed by atoms with Crippen LogP contribution in [0.5, 0.6) is 0 Å². The van der Waals surface area contributed by atoms with Crippen molar-refractivity contribution >= 4 is 11.7 Å². The van der Waals surface area contributed by atoms with Crippen LogP contribution < -0.4 is 5.73 Å². The number of carbonyl (C=O) groups is 1. The molecule has 0 aliphatic carbocycles. The summed E-state index contributed by atoms with van der Waals surface area (Å²) in [6.45, 7) is 0. The Kier molecular flexibility index (Phi) is 2.46. The summed E-state index contributed by atoms with van der Waals surface area (Å²) >= 11 is 0. The quantitative estimate of drug-likeness (QED) is 0.770. The van der Waals surface area contributed by atoms with Crippen molar-refractivity contribution in [2.75, 3.05) is 5.73 Å². The number of aromatic nitrogens is 3. The van der Waals surface area contributed by atoms with Crippen LogP contribution in [0.25, 0.3) is 5.82 Å². The van der Waals surface area contributed by atoms with Gasteiger partial charge in [-0.3, -0.25) is 4.57 Å². The van der Waals surface area contributed by atoms with Gasteiger partial charge in [-0.15, -0.1) is 0 Å². The number of hydrogen-bond acceptors (Lipinski definition) is 5. The summed E-state index contributed by atoms with van der Waals surface area (Å²) in [4.78, 5) is 18.6. The molecule has 0 saturated carbocycles. The van der Waals surface area contributed by atoms with Gasteiger partial charge < -0.3 is 10.8 Å². The molecule has 2 aromatic rings. The lowest BCUT2D eigenvalue weighted by Gasteiger charge is -2.05. The van der Waals surface area contributed by atoms with E-state index in [1.165, 1.54) is 29.2 Å². The fourth-order valence-electron chi connectivity index (χ4n) is 1.34. The Balaban J connectivity index is 2.59. The second kappa shape index (κ2) is 3.94. The standard InChI is InChI=1S/C10H7N5O2/c11-4-9-13-1-2-15(9)8-3-6(10(16)17)7(12)5-14-8/h1-3,5H,12H2,(H,16,17). The third-order valence-corrected chi connectivity index (χ3v) is 2.14. The van der Waals surface area contributed by atoms with E-state index in [2.05, 4.69) is 9.97 Å². The van der Waals surface area contributed by atoms with Crippen LogP contribution in [-0.2, 0) is 0 Å². The Morgan fingerprint density at radius 2 is 2.29 bits per heavy atom. The van der Waals surface area contributed by atoms with E-state index in [-0.39, 0.29) is 22.9 Å². The van der Waals surface area contributed by atoms with Crippen LogP contribution in [0.3, 0.4) is 0 Å². The van der Waals surface area contributed by atoms with E-state index in [0.717, 1.165) is 0 Å². The van der Waals surface area contributed by atoms with Gasteiger partial charge >= 0.3 is 5.97 Å². The van der Waals surface area contributed by atoms with Crippen LogP contribution in [0.1, 0.15) is 16.2 Å². The summed E-state index contributed by atoms with van der Waals surface area (Å²) < 4.78 is 1.38. The highest BCUT2D eigenvalue weighted by Gasteiger charge is 2.12. The summed E-state index contributed by atoms with van der Waals surface area (Å²) in [7, 11) is 0. The van der Waals surface area contributed by atoms with Crippen molar-refractivity contribution in [1.29, 1.82) is 5.26 Å². The van der Waals surface area contributed by atoms with Crippen LogP contribution >= 0.6 is 0 Å². The van der Waals surface area contributed by atoms with Crippen molar-refractivity contribution < 1.29 is 9.90 Å². The van der Waals surface area contributed by atoms with Gasteiger partial charge in [-0.25, -0.2) is 14.8 Å². The van der Waals surface area contributed by atoms with Crippen molar-refractivity contribution in [2.24, 2.45) is 0 Å². The number of nitrogens with two attached hydrogens (primary N) is 1. The number of nitrogen functional groups attached to an aromatic ring is 1. The maximum Gasteiger partial charge on any atom is 0.337 e. The first-order valence-electron chi connectivity index (χ1n) is 4.56. The second-order valence-corrected chi connectivity index (χ2v) is 3.17. The first-order valence-corrected chi connectivity index (χ1v) is 4.56. The molecule has 7 heteroatoms. The molecule has 84 valence electrons. The molecule has 2 aromatic heterocycles. The zero-order valence-corrected chi connectivity index (χ0v) is 8.53. The lowest BCUT2D eigenvalue weighted by molar-refractivity contribution is 0.0698. The first kappa shape index (κ1) is 10.6. The molecule has 0 aliphatic heterocycles. The number of nitriles is 1. The Bertz CT molecular complexity index is 626. The lowest BCUT2D eigenvalue weighted by Crippen LogP contribution is -2.07. The van der Waals surface area contributed by atoms with Gasteiger partial charge in [0, 0.05) is 12.4 Å². The summed E-state index contributed by atoms with van der Waals surface area (Å²) in [6.07, 6.45) is 4.18. The van der Waals surface area contributed by atoms with Gasteiger partial charge in [0.1, 0.15) is 11.9 Å². The molecule has 0 fully saturated rings. The Morgan fingerprint density at radius 1 is 1.53 bits per heavy atom. The molecule has 2 rings (SSSR count). The van der Waals surface area contributed by atoms with Gasteiger partial charge in [0.25, 0.3) is 0 Å². The molecule has 0 bridgehead atoms. The third kappa shape index (κ3) is 1.79. The number of carboxylic acids is 1. The zero-order chi connectivity index (χ0) is 12.4. The molecule has 0 aliphatic rings. The molecular weight excluding hydrogens is 222 g/mol. The highest BCUT2D eigenvalue weighted by Crippen LogP contribution is 2.15. The maximum atomic E-state index is 10.9. The predicted octanol–water partition coefficient (Wildman–Crippen LogP) is 0.419. The molecule has 2 heterocycles. The minimum absolute atomic E-state index is 0.0624. The van der Waals surface area contributed by atoms with Gasteiger partial charge in [-0.2, -0.15) is 5.26 Å². The van der Waals surface area contributed by atoms with Gasteiger partial charge in [-0.1, -0.05) is 0 Å². The van der Waals surface area contributed by atoms with E-state index in [0.29, 0.717) is 0 Å². The number of anilines is 1. The summed E-state index contributed by atoms with van der Waals surface area (Å²) in [6, 6.07) is 3.16. The van der Waals surface area contributed by atoms with Crippen LogP contribution in [0.4, 0.5) is 5.69 Å². The van der Waals surface area contributed by atoms with Crippen molar-refractivity contribution in [3.05, 3.63) is 36.0 Å². The molecule has 0 atom stereocenters. The van der Waals surface area contributed by atoms with Crippen LogP contribution in [0.15, 0.2) is 24.7 Å². The van der Waals surface area contributed by atoms with Crippen LogP contribution in [-0.4, -0.2) is 25.6 Å². The normalized spacial score (nSPS) is 9.82. The Morgan fingerprint density at radius 3 is 2.94 bits per heavy atom. The zero-order valence-electron chi connectivity index (χ0n) is 8.53. The van der Waals surface area contributed by atoms with Crippen molar-refractivity contribution in [3.8, 4) is 11.9 Å². The van der Waals surface area contributed by atoms with E-state index < -0.39 is 5.97 Å². The minimum Gasteiger partial charge on any atom is -0.478 e. The highest BCUT2D eigenvalue weighted by atomic mass is 16.4. The second-order valence-electron chi connectivity index (χ2n) is 3.17. The van der Waals surface area contributed by atoms with Crippen molar-refractivity contribution in [2.45, 2.75) is 0 Å². The van der Waals surface area contributed by atoms with Crippen molar-refractivity contribution in [1.82, 2.24) is 14.5 Å². The monoisotopic (exact) mass is 229 g/mol. The van der Waals surface area contributed by atoms with Gasteiger partial charge in [0.2, 0.25) is 5.82 Å². The molecule has 0 spiro atoms. The number of rotatable bonds is 2. The number of imidazole rings is 1. The van der Waals surface area contributed by atoms with Gasteiger partial charge in [0.05, 0.1) is 17.4 Å². The average molecular weight is 229 g/mol. The number of pyridine rings is 1. The lowest BCUT2D eigenvalue weighted by atomic mass is 10.2. The molecule has 3 N–H and O–H groups in total. The number of carboxylic acid groups (broad SMARTS) is 1. The minimum atomic E-state index is -1.15. The fourth-order valence-corrected chi connectivity index (χ4v) is 1.34. The smallest absolute Gasteiger partial charge is 0.337 e. The fraction of sp³-hybridized carbons (Fsp3) is 0. The van der Waals surface area contributed by atoms with Crippen LogP contribution in [0, 0.1) is 11.3 Å². The molecule has 0 saturated heterocycles. The van der Waals surface area contributed by atoms with Crippen molar-refractivity contribution in [3.63, 3.8) is 0 Å². The van der Waals surface area contributed by atoms with E-state index in [1.54, 1.807) is 0 Å². The first-order chi connectivity index (χ1) is 8.13. The Hall–Kier alpha value is -2.88. The van der Waals surface area contributed by atoms with Gasteiger partial charge in [0.15, 0.2) is 0 Å². The summed E-state index contributed by atoms with van der Waals surface area (Å²) in [5, 5.41) is 17.7. The van der Waals surface area contributed by atoms with E-state index in [4.69, 9.17) is 16.1 Å². The number of hydrogen-bond donors (Lipinski definition) is 2. The number of nitrogens with zero attached hydrogens (tertiary/aromatic N) is 4. The SMILES string of the molecule is N#Cc1nccn1-c1cc(C(=O)O)c(N)cn1. The molecule has 0 radical (unpaired) electrons. The Labute approximate surface area is 95.8 Å². The molecule has 7 nitrogen and oxygen atoms in total. The van der Waals surface area contributed by atoms with E-state index in [9.17, 15) is 4.79 Å². The topological polar surface area (TPSA) is 118 Å². The molecule has 0 amide bonds. The van der Waals surface area contributed by atoms with Gasteiger partial charge in [-0.05, 0) is 6.07 Å². The molecule has 17 heavy (non-hydrogen) atoms. The summed E-state index contributed by atoms with van der Waals surface area (Å²) in [5.74, 6) is -0.742. The average Bonchev–Trinajstić information content (AvgIpc) is 2.77. The largest absolute Gasteiger partial charge is 0.478 e. The maximum absolute atomic E-state index is 10.9. The van der Waals surface area contributed by atoms with Crippen LogP contribution in [0.2, 0.25) is 0 Å². The molecule has 0 unspecified atom stereocenters. The van der Waals surface area contributed by atoms with E-state index >= 15 is 0 Å². The molecular formula is C10H7N5O2. The third-order valence-electron chi connectivity index (χ3n) is 2.14. The summed E-state index contributed by atoms with van der Waals surface area (Å²) in [5.41, 5.74) is 5.49.